The molecule has 2 aromatic heterocycles. The van der Waals surface area contributed by atoms with E-state index in [1.54, 1.807) is 31.1 Å². The third-order valence-corrected chi connectivity index (χ3v) is 2.12. The van der Waals surface area contributed by atoms with Crippen molar-refractivity contribution in [2.45, 2.75) is 6.92 Å². The van der Waals surface area contributed by atoms with E-state index in [1.807, 2.05) is 0 Å². The van der Waals surface area contributed by atoms with Gasteiger partial charge in [-0.15, -0.1) is 0 Å². The number of aromatic nitrogens is 4. The summed E-state index contributed by atoms with van der Waals surface area (Å²) in [6, 6.07) is 1.43. The largest absolute Gasteiger partial charge is 0.477 e. The Morgan fingerprint density at radius 1 is 1.44 bits per heavy atom. The highest BCUT2D eigenvalue weighted by Gasteiger charge is 2.11. The van der Waals surface area contributed by atoms with Crippen LogP contribution in [0.4, 0.5) is 0 Å². The maximum Gasteiger partial charge on any atom is 0.354 e. The van der Waals surface area contributed by atoms with Crippen LogP contribution >= 0.6 is 0 Å². The first-order chi connectivity index (χ1) is 7.58. The second-order valence-electron chi connectivity index (χ2n) is 3.41. The van der Waals surface area contributed by atoms with Crippen molar-refractivity contribution in [3.8, 4) is 11.5 Å². The van der Waals surface area contributed by atoms with Gasteiger partial charge >= 0.3 is 5.97 Å². The topological polar surface area (TPSA) is 80.9 Å². The second-order valence-corrected chi connectivity index (χ2v) is 3.41. The highest BCUT2D eigenvalue weighted by molar-refractivity contribution is 5.85. The third kappa shape index (κ3) is 1.77. The molecule has 0 saturated heterocycles. The van der Waals surface area contributed by atoms with E-state index in [1.165, 1.54) is 6.07 Å². The summed E-state index contributed by atoms with van der Waals surface area (Å²) in [5.74, 6) is -0.689. The Bertz CT molecular complexity index is 548. The van der Waals surface area contributed by atoms with E-state index in [0.717, 1.165) is 0 Å². The molecule has 0 atom stereocenters. The van der Waals surface area contributed by atoms with Crippen LogP contribution < -0.4 is 0 Å². The Labute approximate surface area is 91.6 Å². The number of carboxylic acids is 1. The van der Waals surface area contributed by atoms with Gasteiger partial charge in [-0.25, -0.2) is 19.7 Å². The first-order valence-corrected chi connectivity index (χ1v) is 4.63. The smallest absolute Gasteiger partial charge is 0.354 e. The SMILES string of the molecule is Cc1cc(C(=O)O)nc(-c2cncn2C)n1. The van der Waals surface area contributed by atoms with E-state index < -0.39 is 5.97 Å². The lowest BCUT2D eigenvalue weighted by atomic mass is 10.3. The fourth-order valence-electron chi connectivity index (χ4n) is 1.37. The highest BCUT2D eigenvalue weighted by Crippen LogP contribution is 2.14. The summed E-state index contributed by atoms with van der Waals surface area (Å²) < 4.78 is 1.74. The van der Waals surface area contributed by atoms with Crippen molar-refractivity contribution in [3.05, 3.63) is 30.0 Å². The Balaban J connectivity index is 2.58. The van der Waals surface area contributed by atoms with Crippen molar-refractivity contribution in [1.29, 1.82) is 0 Å². The van der Waals surface area contributed by atoms with E-state index in [0.29, 0.717) is 17.2 Å². The second kappa shape index (κ2) is 3.73. The molecule has 0 radical (unpaired) electrons. The molecule has 2 aromatic rings. The van der Waals surface area contributed by atoms with E-state index in [-0.39, 0.29) is 5.69 Å². The van der Waals surface area contributed by atoms with Crippen LogP contribution in [0.2, 0.25) is 0 Å². The van der Waals surface area contributed by atoms with Gasteiger partial charge in [0.15, 0.2) is 11.5 Å². The molecule has 0 bridgehead atoms. The zero-order valence-electron chi connectivity index (χ0n) is 8.88. The van der Waals surface area contributed by atoms with Crippen molar-refractivity contribution in [3.63, 3.8) is 0 Å². The van der Waals surface area contributed by atoms with Gasteiger partial charge in [0.2, 0.25) is 0 Å². The van der Waals surface area contributed by atoms with Gasteiger partial charge in [-0.3, -0.25) is 0 Å². The molecule has 6 nitrogen and oxygen atoms in total. The fourth-order valence-corrected chi connectivity index (χ4v) is 1.37. The van der Waals surface area contributed by atoms with Crippen LogP contribution in [0.3, 0.4) is 0 Å². The van der Waals surface area contributed by atoms with Gasteiger partial charge < -0.3 is 9.67 Å². The number of aromatic carboxylic acids is 1. The quantitative estimate of drug-likeness (QED) is 0.809. The Kier molecular flexibility index (Phi) is 2.40. The lowest BCUT2D eigenvalue weighted by Gasteiger charge is -2.03. The minimum Gasteiger partial charge on any atom is -0.477 e. The maximum atomic E-state index is 10.8. The molecule has 0 saturated carbocycles. The minimum absolute atomic E-state index is 0.0105. The summed E-state index contributed by atoms with van der Waals surface area (Å²) in [6.07, 6.45) is 3.21. The average Bonchev–Trinajstić information content (AvgIpc) is 2.63. The third-order valence-electron chi connectivity index (χ3n) is 2.12. The summed E-state index contributed by atoms with van der Waals surface area (Å²) in [5, 5.41) is 8.89. The van der Waals surface area contributed by atoms with Crippen LogP contribution in [-0.4, -0.2) is 30.6 Å². The number of hydrogen-bond acceptors (Lipinski definition) is 4. The molecule has 0 aliphatic rings. The van der Waals surface area contributed by atoms with E-state index >= 15 is 0 Å². The number of hydrogen-bond donors (Lipinski definition) is 1. The summed E-state index contributed by atoms with van der Waals surface area (Å²) in [5.41, 5.74) is 1.29. The molecule has 0 aliphatic heterocycles. The zero-order valence-corrected chi connectivity index (χ0v) is 8.88. The van der Waals surface area contributed by atoms with Gasteiger partial charge in [-0.05, 0) is 13.0 Å². The number of imidazole rings is 1. The van der Waals surface area contributed by atoms with E-state index in [2.05, 4.69) is 15.0 Å². The molecular weight excluding hydrogens is 208 g/mol. The molecule has 0 aromatic carbocycles. The summed E-state index contributed by atoms with van der Waals surface area (Å²) in [7, 11) is 1.80. The predicted octanol–water partition coefficient (Wildman–Crippen LogP) is 0.884. The van der Waals surface area contributed by atoms with Gasteiger partial charge in [0.05, 0.1) is 12.5 Å². The van der Waals surface area contributed by atoms with Crippen molar-refractivity contribution in [2.24, 2.45) is 7.05 Å². The monoisotopic (exact) mass is 218 g/mol. The Morgan fingerprint density at radius 3 is 2.75 bits per heavy atom. The predicted molar refractivity (Wildman–Crippen MR) is 55.9 cm³/mol. The van der Waals surface area contributed by atoms with Crippen LogP contribution in [0.5, 0.6) is 0 Å². The van der Waals surface area contributed by atoms with Crippen LogP contribution in [-0.2, 0) is 7.05 Å². The number of carboxylic acid groups (broad SMARTS) is 1. The lowest BCUT2D eigenvalue weighted by Crippen LogP contribution is -2.05. The van der Waals surface area contributed by atoms with Crippen LogP contribution in [0.15, 0.2) is 18.6 Å². The first-order valence-electron chi connectivity index (χ1n) is 4.63. The molecule has 0 spiro atoms. The fraction of sp³-hybridized carbons (Fsp3) is 0.200. The standard InChI is InChI=1S/C10H10N4O2/c1-6-3-7(10(15)16)13-9(12-6)8-4-11-5-14(8)2/h3-5H,1-2H3,(H,15,16). The molecule has 2 heterocycles. The number of rotatable bonds is 2. The first kappa shape index (κ1) is 10.3. The Hall–Kier alpha value is -2.24. The summed E-state index contributed by atoms with van der Waals surface area (Å²) in [4.78, 5) is 22.9. The van der Waals surface area contributed by atoms with Crippen LogP contribution in [0.25, 0.3) is 11.5 Å². The van der Waals surface area contributed by atoms with Crippen molar-refractivity contribution >= 4 is 5.97 Å². The van der Waals surface area contributed by atoms with Crippen LogP contribution in [0.1, 0.15) is 16.2 Å². The molecule has 0 amide bonds. The summed E-state index contributed by atoms with van der Waals surface area (Å²) >= 11 is 0. The lowest BCUT2D eigenvalue weighted by molar-refractivity contribution is 0.0690. The molecule has 6 heteroatoms. The van der Waals surface area contributed by atoms with Gasteiger partial charge in [-0.1, -0.05) is 0 Å². The number of carbonyl (C=O) groups is 1. The Morgan fingerprint density at radius 2 is 2.19 bits per heavy atom. The van der Waals surface area contributed by atoms with Crippen LogP contribution in [0, 0.1) is 6.92 Å². The molecule has 82 valence electrons. The zero-order chi connectivity index (χ0) is 11.7. The normalized spacial score (nSPS) is 10.4. The summed E-state index contributed by atoms with van der Waals surface area (Å²) in [6.45, 7) is 1.73. The molecule has 0 fully saturated rings. The van der Waals surface area contributed by atoms with Crippen molar-refractivity contribution < 1.29 is 9.90 Å². The number of aryl methyl sites for hydroxylation is 2. The average molecular weight is 218 g/mol. The van der Waals surface area contributed by atoms with Gasteiger partial charge in [0.25, 0.3) is 0 Å². The molecule has 2 rings (SSSR count). The minimum atomic E-state index is -1.06. The molecule has 16 heavy (non-hydrogen) atoms. The molecule has 0 unspecified atom stereocenters. The van der Waals surface area contributed by atoms with E-state index in [9.17, 15) is 4.79 Å². The van der Waals surface area contributed by atoms with Gasteiger partial charge in [-0.2, -0.15) is 0 Å². The maximum absolute atomic E-state index is 10.8. The molecular formula is C10H10N4O2. The van der Waals surface area contributed by atoms with Crippen molar-refractivity contribution in [2.75, 3.05) is 0 Å². The number of nitrogens with zero attached hydrogens (tertiary/aromatic N) is 4. The molecule has 1 N–H and O–H groups in total. The van der Waals surface area contributed by atoms with E-state index in [4.69, 9.17) is 5.11 Å². The molecule has 0 aliphatic carbocycles. The van der Waals surface area contributed by atoms with Gasteiger partial charge in [0.1, 0.15) is 5.69 Å². The van der Waals surface area contributed by atoms with Gasteiger partial charge in [0, 0.05) is 12.7 Å². The highest BCUT2D eigenvalue weighted by atomic mass is 16.4. The van der Waals surface area contributed by atoms with Crippen molar-refractivity contribution in [1.82, 2.24) is 19.5 Å².